The van der Waals surface area contributed by atoms with Gasteiger partial charge in [0.15, 0.2) is 0 Å². The van der Waals surface area contributed by atoms with Gasteiger partial charge in [0.1, 0.15) is 0 Å². The van der Waals surface area contributed by atoms with E-state index < -0.39 is 0 Å². The van der Waals surface area contributed by atoms with Crippen molar-refractivity contribution in [3.8, 4) is 0 Å². The van der Waals surface area contributed by atoms with Crippen molar-refractivity contribution in [3.05, 3.63) is 33.8 Å². The molecular weight excluding hydrogens is 238 g/mol. The average molecular weight is 256 g/mol. The molecule has 0 fully saturated rings. The van der Waals surface area contributed by atoms with Gasteiger partial charge in [-0.2, -0.15) is 0 Å². The van der Waals surface area contributed by atoms with E-state index >= 15 is 0 Å². The normalized spacial score (nSPS) is 22.9. The molecule has 1 nitrogen and oxygen atoms in total. The van der Waals surface area contributed by atoms with Crippen LogP contribution in [0.4, 0.5) is 0 Å². The van der Waals surface area contributed by atoms with E-state index in [1.54, 1.807) is 0 Å². The van der Waals surface area contributed by atoms with Crippen LogP contribution in [0.15, 0.2) is 12.1 Å². The predicted molar refractivity (Wildman–Crippen MR) is 73.4 cm³/mol. The SMILES string of the molecule is CNC1c2cc(C)cc(Cl)c2CSC1(C)C. The van der Waals surface area contributed by atoms with Crippen molar-refractivity contribution in [1.29, 1.82) is 0 Å². The van der Waals surface area contributed by atoms with Crippen molar-refractivity contribution in [3.63, 3.8) is 0 Å². The first-order valence-electron chi connectivity index (χ1n) is 5.56. The Hall–Kier alpha value is -0.180. The summed E-state index contributed by atoms with van der Waals surface area (Å²) in [4.78, 5) is 0. The molecule has 1 aliphatic rings. The number of thioether (sulfide) groups is 1. The molecule has 0 saturated carbocycles. The van der Waals surface area contributed by atoms with Crippen LogP contribution in [-0.4, -0.2) is 11.8 Å². The van der Waals surface area contributed by atoms with Gasteiger partial charge in [0.05, 0.1) is 0 Å². The van der Waals surface area contributed by atoms with Crippen LogP contribution in [0, 0.1) is 6.92 Å². The van der Waals surface area contributed by atoms with E-state index in [0.717, 1.165) is 10.8 Å². The highest BCUT2D eigenvalue weighted by molar-refractivity contribution is 8.00. The molecule has 2 rings (SSSR count). The summed E-state index contributed by atoms with van der Waals surface area (Å²) in [5, 5.41) is 4.34. The van der Waals surface area contributed by atoms with Crippen LogP contribution in [0.2, 0.25) is 5.02 Å². The topological polar surface area (TPSA) is 12.0 Å². The summed E-state index contributed by atoms with van der Waals surface area (Å²) in [6.07, 6.45) is 0. The zero-order chi connectivity index (χ0) is 11.9. The van der Waals surface area contributed by atoms with E-state index in [2.05, 4.69) is 38.2 Å². The van der Waals surface area contributed by atoms with Gasteiger partial charge in [0, 0.05) is 21.6 Å². The third-order valence-corrected chi connectivity index (χ3v) is 5.01. The fraction of sp³-hybridized carbons (Fsp3) is 0.538. The lowest BCUT2D eigenvalue weighted by atomic mass is 9.90. The molecule has 0 aromatic heterocycles. The van der Waals surface area contributed by atoms with Gasteiger partial charge in [-0.3, -0.25) is 0 Å². The Morgan fingerprint density at radius 2 is 2.12 bits per heavy atom. The molecule has 1 aromatic rings. The van der Waals surface area contributed by atoms with Gasteiger partial charge in [-0.25, -0.2) is 0 Å². The molecule has 1 N–H and O–H groups in total. The molecule has 3 heteroatoms. The highest BCUT2D eigenvalue weighted by Crippen LogP contribution is 2.47. The second-order valence-electron chi connectivity index (χ2n) is 4.93. The standard InChI is InChI=1S/C13H18ClNS/c1-8-5-9-10(11(14)6-8)7-16-13(2,3)12(9)15-4/h5-6,12,15H,7H2,1-4H3. The molecule has 0 aliphatic carbocycles. The molecule has 0 amide bonds. The number of hydrogen-bond donors (Lipinski definition) is 1. The molecular formula is C13H18ClNS. The molecule has 0 spiro atoms. The first-order valence-corrected chi connectivity index (χ1v) is 6.92. The summed E-state index contributed by atoms with van der Waals surface area (Å²) < 4.78 is 0.221. The number of hydrogen-bond acceptors (Lipinski definition) is 2. The van der Waals surface area contributed by atoms with E-state index in [9.17, 15) is 0 Å². The van der Waals surface area contributed by atoms with Gasteiger partial charge < -0.3 is 5.32 Å². The summed E-state index contributed by atoms with van der Waals surface area (Å²) in [5.41, 5.74) is 3.92. The van der Waals surface area contributed by atoms with Crippen LogP contribution in [0.1, 0.15) is 36.6 Å². The molecule has 0 saturated heterocycles. The number of benzene rings is 1. The number of nitrogens with one attached hydrogen (secondary N) is 1. The molecule has 0 radical (unpaired) electrons. The van der Waals surface area contributed by atoms with Gasteiger partial charge in [-0.05, 0) is 50.6 Å². The maximum Gasteiger partial charge on any atom is 0.0465 e. The Bertz CT molecular complexity index is 415. The Labute approximate surface area is 107 Å². The molecule has 1 aliphatic heterocycles. The fourth-order valence-electron chi connectivity index (χ4n) is 2.43. The van der Waals surface area contributed by atoms with Gasteiger partial charge in [0.25, 0.3) is 0 Å². The second-order valence-corrected chi connectivity index (χ2v) is 6.97. The van der Waals surface area contributed by atoms with Crippen molar-refractivity contribution in [1.82, 2.24) is 5.32 Å². The summed E-state index contributed by atoms with van der Waals surface area (Å²) in [6.45, 7) is 6.68. The van der Waals surface area contributed by atoms with E-state index in [4.69, 9.17) is 11.6 Å². The van der Waals surface area contributed by atoms with E-state index in [-0.39, 0.29) is 4.75 Å². The van der Waals surface area contributed by atoms with Crippen LogP contribution in [0.25, 0.3) is 0 Å². The largest absolute Gasteiger partial charge is 0.312 e. The number of halogens is 1. The lowest BCUT2D eigenvalue weighted by molar-refractivity contribution is 0.474. The minimum Gasteiger partial charge on any atom is -0.312 e. The minimum atomic E-state index is 0.221. The van der Waals surface area contributed by atoms with Gasteiger partial charge in [0.2, 0.25) is 0 Å². The van der Waals surface area contributed by atoms with Crippen molar-refractivity contribution >= 4 is 23.4 Å². The van der Waals surface area contributed by atoms with Crippen LogP contribution in [0.3, 0.4) is 0 Å². The maximum absolute atomic E-state index is 6.32. The zero-order valence-corrected chi connectivity index (χ0v) is 11.8. The van der Waals surface area contributed by atoms with E-state index in [0.29, 0.717) is 6.04 Å². The summed E-state index contributed by atoms with van der Waals surface area (Å²) >= 11 is 8.29. The lowest BCUT2D eigenvalue weighted by Crippen LogP contribution is -2.38. The van der Waals surface area contributed by atoms with Gasteiger partial charge in [-0.1, -0.05) is 17.7 Å². The molecule has 1 heterocycles. The highest BCUT2D eigenvalue weighted by Gasteiger charge is 2.36. The second kappa shape index (κ2) is 4.25. The van der Waals surface area contributed by atoms with Crippen molar-refractivity contribution in [2.24, 2.45) is 0 Å². The van der Waals surface area contributed by atoms with Crippen LogP contribution in [0.5, 0.6) is 0 Å². The van der Waals surface area contributed by atoms with Crippen molar-refractivity contribution in [2.45, 2.75) is 37.3 Å². The average Bonchev–Trinajstić information content (AvgIpc) is 2.15. The monoisotopic (exact) mass is 255 g/mol. The molecule has 1 aromatic carbocycles. The van der Waals surface area contributed by atoms with Crippen LogP contribution in [-0.2, 0) is 5.75 Å². The lowest BCUT2D eigenvalue weighted by Gasteiger charge is -2.40. The smallest absolute Gasteiger partial charge is 0.0465 e. The van der Waals surface area contributed by atoms with Gasteiger partial charge in [-0.15, -0.1) is 11.8 Å². The molecule has 88 valence electrons. The summed E-state index contributed by atoms with van der Waals surface area (Å²) in [5.74, 6) is 1.01. The quantitative estimate of drug-likeness (QED) is 0.816. The molecule has 16 heavy (non-hydrogen) atoms. The highest BCUT2D eigenvalue weighted by atomic mass is 35.5. The molecule has 1 atom stereocenters. The minimum absolute atomic E-state index is 0.221. The third kappa shape index (κ3) is 1.99. The first kappa shape index (κ1) is 12.3. The van der Waals surface area contributed by atoms with Crippen molar-refractivity contribution < 1.29 is 0 Å². The van der Waals surface area contributed by atoms with Crippen molar-refractivity contribution in [2.75, 3.05) is 7.05 Å². The Kier molecular flexibility index (Phi) is 3.26. The van der Waals surface area contributed by atoms with E-state index in [1.165, 1.54) is 16.7 Å². The maximum atomic E-state index is 6.32. The summed E-state index contributed by atoms with van der Waals surface area (Å²) in [6, 6.07) is 4.70. The Morgan fingerprint density at radius 3 is 2.75 bits per heavy atom. The summed E-state index contributed by atoms with van der Waals surface area (Å²) in [7, 11) is 2.03. The van der Waals surface area contributed by atoms with Crippen LogP contribution >= 0.6 is 23.4 Å². The van der Waals surface area contributed by atoms with Gasteiger partial charge >= 0.3 is 0 Å². The molecule has 0 bridgehead atoms. The first-order chi connectivity index (χ1) is 7.45. The molecule has 1 unspecified atom stereocenters. The number of aryl methyl sites for hydroxylation is 1. The van der Waals surface area contributed by atoms with Crippen LogP contribution < -0.4 is 5.32 Å². The predicted octanol–water partition coefficient (Wildman–Crippen LogP) is 3.93. The third-order valence-electron chi connectivity index (χ3n) is 3.26. The van der Waals surface area contributed by atoms with E-state index in [1.807, 2.05) is 18.8 Å². The Balaban J connectivity index is 2.57. The fourth-order valence-corrected chi connectivity index (χ4v) is 4.11. The number of fused-ring (bicyclic) bond motifs is 1. The zero-order valence-electron chi connectivity index (χ0n) is 10.2. The number of rotatable bonds is 1. The Morgan fingerprint density at radius 1 is 1.44 bits per heavy atom.